The van der Waals surface area contributed by atoms with E-state index in [4.69, 9.17) is 16.3 Å². The van der Waals surface area contributed by atoms with Gasteiger partial charge >= 0.3 is 5.97 Å². The summed E-state index contributed by atoms with van der Waals surface area (Å²) in [5, 5.41) is 7.65. The van der Waals surface area contributed by atoms with Crippen LogP contribution in [0.25, 0.3) is 10.1 Å². The van der Waals surface area contributed by atoms with E-state index in [-0.39, 0.29) is 0 Å². The first-order valence-corrected chi connectivity index (χ1v) is 10.1. The lowest BCUT2D eigenvalue weighted by Crippen LogP contribution is -2.10. The van der Waals surface area contributed by atoms with Crippen LogP contribution in [0.15, 0.2) is 84.0 Å². The molecule has 0 aliphatic carbocycles. The molecule has 0 unspecified atom stereocenters. The number of hydrogen-bond donors (Lipinski definition) is 0. The summed E-state index contributed by atoms with van der Waals surface area (Å²) in [5.41, 5.74) is 1.36. The Morgan fingerprint density at radius 1 is 1.03 bits per heavy atom. The fraction of sp³-hybridized carbons (Fsp3) is 0.0435. The average molecular weight is 421 g/mol. The number of fused-ring (bicyclic) bond motifs is 1. The fourth-order valence-electron chi connectivity index (χ4n) is 2.85. The number of rotatable bonds is 5. The lowest BCUT2D eigenvalue weighted by atomic mass is 10.2. The van der Waals surface area contributed by atoms with E-state index in [0.717, 1.165) is 20.7 Å². The Bertz CT molecular complexity index is 1190. The van der Waals surface area contributed by atoms with Gasteiger partial charge in [0.2, 0.25) is 0 Å². The highest BCUT2D eigenvalue weighted by atomic mass is 35.5. The van der Waals surface area contributed by atoms with Gasteiger partial charge in [0, 0.05) is 22.2 Å². The molecule has 1 aromatic heterocycles. The molecular weight excluding hydrogens is 404 g/mol. The summed E-state index contributed by atoms with van der Waals surface area (Å²) in [7, 11) is 1.87. The molecule has 1 heterocycles. The molecule has 0 atom stereocenters. The zero-order valence-corrected chi connectivity index (χ0v) is 17.2. The number of ether oxygens (including phenoxy) is 1. The fourth-order valence-corrected chi connectivity index (χ4v) is 4.04. The maximum atomic E-state index is 12.7. The summed E-state index contributed by atoms with van der Waals surface area (Å²) >= 11 is 7.53. The molecule has 6 heteroatoms. The van der Waals surface area contributed by atoms with Crippen molar-refractivity contribution in [1.82, 2.24) is 0 Å². The molecule has 0 amide bonds. The number of esters is 1. The molecule has 0 saturated heterocycles. The summed E-state index contributed by atoms with van der Waals surface area (Å²) in [6, 6.07) is 24.3. The number of nitrogens with zero attached hydrogens (tertiary/aromatic N) is 2. The van der Waals surface area contributed by atoms with Crippen LogP contribution in [0.1, 0.15) is 15.2 Å². The summed E-state index contributed by atoms with van der Waals surface area (Å²) in [5.74, 6) is 0.0444. The van der Waals surface area contributed by atoms with E-state index in [1.54, 1.807) is 35.5 Å². The van der Waals surface area contributed by atoms with Gasteiger partial charge < -0.3 is 4.74 Å². The number of anilines is 1. The van der Waals surface area contributed by atoms with Crippen molar-refractivity contribution in [3.05, 3.63) is 94.3 Å². The number of benzene rings is 3. The van der Waals surface area contributed by atoms with Crippen molar-refractivity contribution in [3.63, 3.8) is 0 Å². The SMILES string of the molecule is CN(/N=C\c1sc2ccccc2c1OC(=O)c1cccc(Cl)c1)c1ccccc1. The molecule has 4 rings (SSSR count). The average Bonchev–Trinajstić information content (AvgIpc) is 3.10. The third-order valence-electron chi connectivity index (χ3n) is 4.31. The van der Waals surface area contributed by atoms with Crippen LogP contribution in [-0.2, 0) is 0 Å². The number of hydrazone groups is 1. The van der Waals surface area contributed by atoms with E-state index >= 15 is 0 Å². The summed E-state index contributed by atoms with van der Waals surface area (Å²) in [6.07, 6.45) is 1.72. The molecule has 0 radical (unpaired) electrons. The largest absolute Gasteiger partial charge is 0.421 e. The minimum atomic E-state index is -0.456. The Balaban J connectivity index is 1.67. The van der Waals surface area contributed by atoms with E-state index in [1.165, 1.54) is 11.3 Å². The highest BCUT2D eigenvalue weighted by Gasteiger charge is 2.17. The van der Waals surface area contributed by atoms with Gasteiger partial charge in [-0.3, -0.25) is 5.01 Å². The Morgan fingerprint density at radius 2 is 1.79 bits per heavy atom. The van der Waals surface area contributed by atoms with Gasteiger partial charge in [0.1, 0.15) is 0 Å². The van der Waals surface area contributed by atoms with Crippen LogP contribution in [-0.4, -0.2) is 19.2 Å². The molecule has 0 fully saturated rings. The van der Waals surface area contributed by atoms with E-state index in [0.29, 0.717) is 16.3 Å². The van der Waals surface area contributed by atoms with Crippen molar-refractivity contribution >= 4 is 50.9 Å². The van der Waals surface area contributed by atoms with Crippen LogP contribution in [0.5, 0.6) is 5.75 Å². The normalized spacial score (nSPS) is 11.1. The maximum absolute atomic E-state index is 12.7. The summed E-state index contributed by atoms with van der Waals surface area (Å²) in [6.45, 7) is 0. The van der Waals surface area contributed by atoms with Gasteiger partial charge in [-0.15, -0.1) is 11.3 Å². The van der Waals surface area contributed by atoms with Crippen LogP contribution in [0.3, 0.4) is 0 Å². The molecule has 0 aliphatic heterocycles. The van der Waals surface area contributed by atoms with Gasteiger partial charge in [0.25, 0.3) is 0 Å². The van der Waals surface area contributed by atoms with E-state index < -0.39 is 5.97 Å². The molecule has 0 bridgehead atoms. The summed E-state index contributed by atoms with van der Waals surface area (Å²) in [4.78, 5) is 13.5. The second kappa shape index (κ2) is 8.47. The third-order valence-corrected chi connectivity index (χ3v) is 5.63. The van der Waals surface area contributed by atoms with Gasteiger partial charge in [-0.1, -0.05) is 48.0 Å². The minimum absolute atomic E-state index is 0.400. The van der Waals surface area contributed by atoms with Crippen molar-refractivity contribution in [2.24, 2.45) is 5.10 Å². The van der Waals surface area contributed by atoms with E-state index in [9.17, 15) is 4.79 Å². The van der Waals surface area contributed by atoms with Crippen LogP contribution >= 0.6 is 22.9 Å². The van der Waals surface area contributed by atoms with Crippen molar-refractivity contribution < 1.29 is 9.53 Å². The van der Waals surface area contributed by atoms with Gasteiger partial charge in [-0.2, -0.15) is 5.10 Å². The van der Waals surface area contributed by atoms with E-state index in [1.807, 2.05) is 61.6 Å². The number of carbonyl (C=O) groups excluding carboxylic acids is 1. The molecule has 4 aromatic rings. The lowest BCUT2D eigenvalue weighted by Gasteiger charge is -2.12. The zero-order chi connectivity index (χ0) is 20.2. The zero-order valence-electron chi connectivity index (χ0n) is 15.6. The van der Waals surface area contributed by atoms with Crippen LogP contribution < -0.4 is 9.75 Å². The standard InChI is InChI=1S/C23H17ClN2O2S/c1-26(18-10-3-2-4-11-18)25-15-21-22(19-12-5-6-13-20(19)29-21)28-23(27)16-8-7-9-17(24)14-16/h2-15H,1H3/b25-15-. The molecule has 29 heavy (non-hydrogen) atoms. The Labute approximate surface area is 177 Å². The maximum Gasteiger partial charge on any atom is 0.343 e. The quantitative estimate of drug-likeness (QED) is 0.218. The Hall–Kier alpha value is -3.15. The summed E-state index contributed by atoms with van der Waals surface area (Å²) < 4.78 is 6.80. The topological polar surface area (TPSA) is 41.9 Å². The van der Waals surface area contributed by atoms with E-state index in [2.05, 4.69) is 5.10 Å². The number of carbonyl (C=O) groups is 1. The first-order valence-electron chi connectivity index (χ1n) is 8.94. The smallest absolute Gasteiger partial charge is 0.343 e. The first-order chi connectivity index (χ1) is 14.1. The first kappa shape index (κ1) is 19.2. The Kier molecular flexibility index (Phi) is 5.60. The third kappa shape index (κ3) is 4.31. The van der Waals surface area contributed by atoms with Crippen LogP contribution in [0.2, 0.25) is 5.02 Å². The predicted molar refractivity (Wildman–Crippen MR) is 121 cm³/mol. The van der Waals surface area contributed by atoms with Gasteiger partial charge in [0.15, 0.2) is 5.75 Å². The second-order valence-corrected chi connectivity index (χ2v) is 7.82. The molecular formula is C23H17ClN2O2S. The number of thiophene rings is 1. The monoisotopic (exact) mass is 420 g/mol. The van der Waals surface area contributed by atoms with Crippen molar-refractivity contribution in [2.45, 2.75) is 0 Å². The predicted octanol–water partition coefficient (Wildman–Crippen LogP) is 6.24. The highest BCUT2D eigenvalue weighted by molar-refractivity contribution is 7.21. The van der Waals surface area contributed by atoms with Crippen molar-refractivity contribution in [2.75, 3.05) is 12.1 Å². The van der Waals surface area contributed by atoms with Gasteiger partial charge in [-0.25, -0.2) is 4.79 Å². The molecule has 0 saturated carbocycles. The molecule has 4 nitrogen and oxygen atoms in total. The van der Waals surface area contributed by atoms with Crippen molar-refractivity contribution in [3.8, 4) is 5.75 Å². The molecule has 0 N–H and O–H groups in total. The highest BCUT2D eigenvalue weighted by Crippen LogP contribution is 2.37. The number of halogens is 1. The second-order valence-electron chi connectivity index (χ2n) is 6.30. The van der Waals surface area contributed by atoms with Crippen LogP contribution in [0, 0.1) is 0 Å². The Morgan fingerprint density at radius 3 is 2.59 bits per heavy atom. The van der Waals surface area contributed by atoms with Gasteiger partial charge in [0.05, 0.1) is 22.3 Å². The molecule has 144 valence electrons. The molecule has 3 aromatic carbocycles. The van der Waals surface area contributed by atoms with Crippen molar-refractivity contribution in [1.29, 1.82) is 0 Å². The molecule has 0 aliphatic rings. The van der Waals surface area contributed by atoms with Crippen LogP contribution in [0.4, 0.5) is 5.69 Å². The number of para-hydroxylation sites is 1. The molecule has 0 spiro atoms. The van der Waals surface area contributed by atoms with Gasteiger partial charge in [-0.05, 0) is 42.5 Å². The minimum Gasteiger partial charge on any atom is -0.421 e. The number of hydrogen-bond acceptors (Lipinski definition) is 5. The lowest BCUT2D eigenvalue weighted by molar-refractivity contribution is 0.0737.